The first-order valence-electron chi connectivity index (χ1n) is 9.08. The Morgan fingerprint density at radius 3 is 2.73 bits per heavy atom. The van der Waals surface area contributed by atoms with E-state index in [1.807, 2.05) is 0 Å². The van der Waals surface area contributed by atoms with Gasteiger partial charge in [-0.05, 0) is 37.7 Å². The zero-order valence-corrected chi connectivity index (χ0v) is 17.3. The molecule has 1 saturated heterocycles. The molecule has 0 bridgehead atoms. The Morgan fingerprint density at radius 2 is 2.00 bits per heavy atom. The summed E-state index contributed by atoms with van der Waals surface area (Å²) < 4.78 is 34.2. The van der Waals surface area contributed by atoms with Crippen molar-refractivity contribution in [3.63, 3.8) is 0 Å². The second-order valence-corrected chi connectivity index (χ2v) is 9.84. The predicted octanol–water partition coefficient (Wildman–Crippen LogP) is 3.17. The second kappa shape index (κ2) is 6.86. The van der Waals surface area contributed by atoms with Crippen molar-refractivity contribution in [2.45, 2.75) is 51.2 Å². The Kier molecular flexibility index (Phi) is 5.20. The van der Waals surface area contributed by atoms with Crippen LogP contribution < -0.4 is 0 Å². The molecule has 8 heteroatoms. The van der Waals surface area contributed by atoms with Gasteiger partial charge in [-0.25, -0.2) is 0 Å². The van der Waals surface area contributed by atoms with Gasteiger partial charge < -0.3 is 9.64 Å². The molecule has 146 valence electrons. The summed E-state index contributed by atoms with van der Waals surface area (Å²) in [7, 11) is 1.25. The highest BCUT2D eigenvalue weighted by atomic mass is 35.5. The Hall–Kier alpha value is -1.02. The van der Waals surface area contributed by atoms with Crippen LogP contribution in [0.4, 0.5) is 0 Å². The lowest BCUT2D eigenvalue weighted by Crippen LogP contribution is -2.43. The van der Waals surface area contributed by atoms with Crippen molar-refractivity contribution < 1.29 is 13.2 Å². The topological polar surface area (TPSA) is 53.1 Å². The van der Waals surface area contributed by atoms with Crippen molar-refractivity contribution in [3.8, 4) is 0 Å². The minimum absolute atomic E-state index is 0. The number of hydrogen-bond donors (Lipinski definition) is 0. The van der Waals surface area contributed by atoms with Crippen LogP contribution in [-0.4, -0.2) is 49.3 Å². The lowest BCUT2D eigenvalue weighted by atomic mass is 9.66. The van der Waals surface area contributed by atoms with Gasteiger partial charge in [-0.1, -0.05) is 12.5 Å². The molecule has 2 atom stereocenters. The van der Waals surface area contributed by atoms with Gasteiger partial charge in [0.1, 0.15) is 5.76 Å². The maximum atomic E-state index is 12.6. The fourth-order valence-corrected chi connectivity index (χ4v) is 5.53. The molecule has 4 rings (SSSR count). The average molecular weight is 402 g/mol. The fourth-order valence-electron chi connectivity index (χ4n) is 4.60. The van der Waals surface area contributed by atoms with E-state index in [0.29, 0.717) is 0 Å². The predicted molar refractivity (Wildman–Crippen MR) is 103 cm³/mol. The second-order valence-electron chi connectivity index (χ2n) is 7.63. The van der Waals surface area contributed by atoms with Gasteiger partial charge >= 0.3 is 0 Å². The summed E-state index contributed by atoms with van der Waals surface area (Å²) in [5, 5.41) is 0. The van der Waals surface area contributed by atoms with Crippen LogP contribution in [0.2, 0.25) is 0 Å². The highest BCUT2D eigenvalue weighted by Gasteiger charge is 2.54. The molecule has 0 radical (unpaired) electrons. The molecule has 0 amide bonds. The summed E-state index contributed by atoms with van der Waals surface area (Å²) in [6.45, 7) is 0. The van der Waals surface area contributed by atoms with Crippen molar-refractivity contribution in [1.82, 2.24) is 13.5 Å². The van der Waals surface area contributed by atoms with Crippen molar-refractivity contribution in [3.05, 3.63) is 35.5 Å². The highest BCUT2D eigenvalue weighted by Crippen LogP contribution is 2.59. The molecule has 4 aliphatic rings. The van der Waals surface area contributed by atoms with Gasteiger partial charge in [0.2, 0.25) is 0 Å². The van der Waals surface area contributed by atoms with Crippen LogP contribution >= 0.6 is 12.4 Å². The first-order valence-corrected chi connectivity index (χ1v) is 10.5. The molecule has 26 heavy (non-hydrogen) atoms. The van der Waals surface area contributed by atoms with E-state index in [2.05, 4.69) is 23.4 Å². The Morgan fingerprint density at radius 1 is 1.23 bits per heavy atom. The smallest absolute Gasteiger partial charge is 0.284 e. The van der Waals surface area contributed by atoms with Crippen LogP contribution in [0.25, 0.3) is 0 Å². The number of fused-ring (bicyclic) bond motifs is 1. The molecule has 1 spiro atoms. The van der Waals surface area contributed by atoms with E-state index in [-0.39, 0.29) is 17.8 Å². The molecular formula is C18H28ClN3O3S. The van der Waals surface area contributed by atoms with Crippen LogP contribution in [0, 0.1) is 5.41 Å². The third kappa shape index (κ3) is 2.80. The summed E-state index contributed by atoms with van der Waals surface area (Å²) in [5.74, 6) is 1.03. The molecule has 0 aromatic rings. The lowest BCUT2D eigenvalue weighted by molar-refractivity contribution is 0.0675. The third-order valence-electron chi connectivity index (χ3n) is 6.04. The number of halogens is 1. The Balaban J connectivity index is 0.00000196. The van der Waals surface area contributed by atoms with Crippen molar-refractivity contribution in [2.75, 3.05) is 21.1 Å². The number of allylic oxidation sites excluding steroid dienone is 3. The van der Waals surface area contributed by atoms with E-state index in [1.165, 1.54) is 32.7 Å². The molecule has 3 aliphatic heterocycles. The van der Waals surface area contributed by atoms with Crippen molar-refractivity contribution in [2.24, 2.45) is 5.41 Å². The third-order valence-corrected chi connectivity index (χ3v) is 7.93. The SMILES string of the molecule is CN(C)S(=O)(=O)N(C)C1CC23CCCCC2=CN2C=CCCC2=C3O1.Cl. The summed E-state index contributed by atoms with van der Waals surface area (Å²) in [6.07, 6.45) is 13.3. The number of ether oxygens (including phenoxy) is 1. The Bertz CT molecular complexity index is 775. The van der Waals surface area contributed by atoms with Crippen molar-refractivity contribution >= 4 is 22.6 Å². The molecule has 2 unspecified atom stereocenters. The van der Waals surface area contributed by atoms with Crippen LogP contribution in [0.3, 0.4) is 0 Å². The number of nitrogens with zero attached hydrogens (tertiary/aromatic N) is 3. The largest absolute Gasteiger partial charge is 0.476 e. The quantitative estimate of drug-likeness (QED) is 0.728. The van der Waals surface area contributed by atoms with E-state index >= 15 is 0 Å². The maximum Gasteiger partial charge on any atom is 0.284 e. The first-order chi connectivity index (χ1) is 11.9. The zero-order valence-electron chi connectivity index (χ0n) is 15.6. The zero-order chi connectivity index (χ0) is 17.8. The van der Waals surface area contributed by atoms with Gasteiger partial charge in [0.15, 0.2) is 6.23 Å². The Labute approximate surface area is 162 Å². The molecule has 1 aliphatic carbocycles. The van der Waals surface area contributed by atoms with Gasteiger partial charge in [-0.15, -0.1) is 12.4 Å². The van der Waals surface area contributed by atoms with Crippen LogP contribution in [0.1, 0.15) is 44.9 Å². The molecule has 0 aromatic carbocycles. The molecule has 2 fully saturated rings. The minimum atomic E-state index is -3.50. The van der Waals surface area contributed by atoms with Gasteiger partial charge in [0, 0.05) is 40.0 Å². The van der Waals surface area contributed by atoms with Gasteiger partial charge in [-0.3, -0.25) is 0 Å². The maximum absolute atomic E-state index is 12.6. The molecular weight excluding hydrogens is 374 g/mol. The summed E-state index contributed by atoms with van der Waals surface area (Å²) in [4.78, 5) is 2.20. The van der Waals surface area contributed by atoms with Crippen LogP contribution in [-0.2, 0) is 14.9 Å². The van der Waals surface area contributed by atoms with Crippen LogP contribution in [0.5, 0.6) is 0 Å². The monoisotopic (exact) mass is 401 g/mol. The first kappa shape index (κ1) is 19.7. The molecule has 1 saturated carbocycles. The van der Waals surface area contributed by atoms with Gasteiger partial charge in [-0.2, -0.15) is 17.0 Å². The lowest BCUT2D eigenvalue weighted by Gasteiger charge is -2.42. The van der Waals surface area contributed by atoms with Crippen molar-refractivity contribution in [1.29, 1.82) is 0 Å². The van der Waals surface area contributed by atoms with E-state index in [0.717, 1.165) is 37.9 Å². The summed E-state index contributed by atoms with van der Waals surface area (Å²) >= 11 is 0. The van der Waals surface area contributed by atoms with Gasteiger partial charge in [0.25, 0.3) is 10.2 Å². The summed E-state index contributed by atoms with van der Waals surface area (Å²) in [6, 6.07) is 0. The highest BCUT2D eigenvalue weighted by molar-refractivity contribution is 7.86. The number of hydrogen-bond acceptors (Lipinski definition) is 4. The van der Waals surface area contributed by atoms with E-state index in [1.54, 1.807) is 21.1 Å². The van der Waals surface area contributed by atoms with E-state index < -0.39 is 16.4 Å². The standard InChI is InChI=1S/C18H27N3O3S.ClH/c1-19(2)25(22,23)20(3)16-12-18-10-6-4-8-14(18)13-21-11-7-5-9-15(21)17(18)24-16;/h7,11,13,16H,4-6,8-10,12H2,1-3H3;1H. The fraction of sp³-hybridized carbons (Fsp3) is 0.667. The molecule has 3 heterocycles. The molecule has 0 N–H and O–H groups in total. The molecule has 6 nitrogen and oxygen atoms in total. The van der Waals surface area contributed by atoms with E-state index in [9.17, 15) is 8.42 Å². The minimum Gasteiger partial charge on any atom is -0.476 e. The summed E-state index contributed by atoms with van der Waals surface area (Å²) in [5.41, 5.74) is 2.52. The van der Waals surface area contributed by atoms with Gasteiger partial charge in [0.05, 0.1) is 11.1 Å². The van der Waals surface area contributed by atoms with Crippen LogP contribution in [0.15, 0.2) is 35.5 Å². The van der Waals surface area contributed by atoms with E-state index in [4.69, 9.17) is 4.74 Å². The molecule has 0 aromatic heterocycles. The number of rotatable bonds is 3. The normalized spacial score (nSPS) is 30.4. The average Bonchev–Trinajstić information content (AvgIpc) is 2.98.